The van der Waals surface area contributed by atoms with E-state index in [-0.39, 0.29) is 5.91 Å². The molecule has 1 N–H and O–H groups in total. The van der Waals surface area contributed by atoms with Gasteiger partial charge in [-0.15, -0.1) is 0 Å². The van der Waals surface area contributed by atoms with Crippen LogP contribution in [0, 0.1) is 6.92 Å². The molecule has 3 aromatic rings. The summed E-state index contributed by atoms with van der Waals surface area (Å²) in [6, 6.07) is 16.8. The first-order chi connectivity index (χ1) is 13.2. The van der Waals surface area contributed by atoms with Gasteiger partial charge in [-0.25, -0.2) is 0 Å². The van der Waals surface area contributed by atoms with Crippen LogP contribution in [0.15, 0.2) is 54.7 Å². The Labute approximate surface area is 160 Å². The Bertz CT molecular complexity index is 922. The number of aryl methyl sites for hydroxylation is 2. The van der Waals surface area contributed by atoms with Crippen molar-refractivity contribution in [2.75, 3.05) is 26.2 Å². The lowest BCUT2D eigenvalue weighted by Crippen LogP contribution is -2.48. The van der Waals surface area contributed by atoms with Crippen molar-refractivity contribution in [2.45, 2.75) is 26.3 Å². The minimum Gasteiger partial charge on any atom is -0.361 e. The van der Waals surface area contributed by atoms with Crippen molar-refractivity contribution >= 4 is 16.8 Å². The molecule has 2 aromatic carbocycles. The average molecular weight is 361 g/mol. The van der Waals surface area contributed by atoms with Gasteiger partial charge in [0.2, 0.25) is 5.91 Å². The number of para-hydroxylation sites is 1. The van der Waals surface area contributed by atoms with E-state index < -0.39 is 0 Å². The number of piperazine rings is 1. The van der Waals surface area contributed by atoms with Crippen molar-refractivity contribution in [1.29, 1.82) is 0 Å². The van der Waals surface area contributed by atoms with E-state index in [1.165, 1.54) is 22.1 Å². The van der Waals surface area contributed by atoms with Crippen molar-refractivity contribution in [2.24, 2.45) is 0 Å². The highest BCUT2D eigenvalue weighted by molar-refractivity contribution is 5.84. The number of fused-ring (bicyclic) bond motifs is 1. The molecule has 0 unspecified atom stereocenters. The van der Waals surface area contributed by atoms with Gasteiger partial charge in [-0.2, -0.15) is 0 Å². The fourth-order valence-corrected chi connectivity index (χ4v) is 3.92. The van der Waals surface area contributed by atoms with E-state index in [2.05, 4.69) is 59.3 Å². The van der Waals surface area contributed by atoms with Crippen molar-refractivity contribution in [3.8, 4) is 0 Å². The van der Waals surface area contributed by atoms with Crippen LogP contribution in [0.5, 0.6) is 0 Å². The number of carbonyl (C=O) groups excluding carboxylic acids is 1. The Morgan fingerprint density at radius 2 is 1.70 bits per heavy atom. The summed E-state index contributed by atoms with van der Waals surface area (Å²) < 4.78 is 0. The average Bonchev–Trinajstić information content (AvgIpc) is 3.12. The van der Waals surface area contributed by atoms with Crippen LogP contribution in [0.25, 0.3) is 10.9 Å². The Morgan fingerprint density at radius 3 is 2.52 bits per heavy atom. The number of rotatable bonds is 5. The lowest BCUT2D eigenvalue weighted by Gasteiger charge is -2.35. The van der Waals surface area contributed by atoms with E-state index in [0.29, 0.717) is 6.42 Å². The largest absolute Gasteiger partial charge is 0.361 e. The third kappa shape index (κ3) is 4.06. The normalized spacial score (nSPS) is 15.4. The number of benzene rings is 2. The number of aromatic amines is 1. The molecule has 1 saturated heterocycles. The topological polar surface area (TPSA) is 39.3 Å². The maximum Gasteiger partial charge on any atom is 0.222 e. The summed E-state index contributed by atoms with van der Waals surface area (Å²) in [6.45, 7) is 6.71. The van der Waals surface area contributed by atoms with Gasteiger partial charge in [0.1, 0.15) is 0 Å². The molecule has 27 heavy (non-hydrogen) atoms. The number of hydrogen-bond acceptors (Lipinski definition) is 2. The maximum absolute atomic E-state index is 12.6. The number of amides is 1. The molecule has 4 rings (SSSR count). The Morgan fingerprint density at radius 1 is 0.963 bits per heavy atom. The lowest BCUT2D eigenvalue weighted by molar-refractivity contribution is -0.132. The first-order valence-electron chi connectivity index (χ1n) is 9.80. The zero-order valence-electron chi connectivity index (χ0n) is 15.9. The van der Waals surface area contributed by atoms with E-state index >= 15 is 0 Å². The number of carbonyl (C=O) groups is 1. The quantitative estimate of drug-likeness (QED) is 0.752. The van der Waals surface area contributed by atoms with Gasteiger partial charge in [-0.3, -0.25) is 9.69 Å². The molecule has 1 amide bonds. The second-order valence-electron chi connectivity index (χ2n) is 7.44. The standard InChI is InChI=1S/C23H27N3O/c1-18-6-2-3-7-20(18)17-25-12-14-26(15-13-25)23(27)11-10-19-16-24-22-9-5-4-8-21(19)22/h2-9,16,24H,10-15,17H2,1H3. The van der Waals surface area contributed by atoms with E-state index in [1.54, 1.807) is 0 Å². The highest BCUT2D eigenvalue weighted by atomic mass is 16.2. The summed E-state index contributed by atoms with van der Waals surface area (Å²) in [4.78, 5) is 20.4. The molecule has 1 aromatic heterocycles. The second-order valence-corrected chi connectivity index (χ2v) is 7.44. The van der Waals surface area contributed by atoms with Gasteiger partial charge < -0.3 is 9.88 Å². The summed E-state index contributed by atoms with van der Waals surface area (Å²) in [5, 5.41) is 1.23. The van der Waals surface area contributed by atoms with Gasteiger partial charge >= 0.3 is 0 Å². The van der Waals surface area contributed by atoms with E-state index in [1.807, 2.05) is 17.2 Å². The molecule has 1 fully saturated rings. The second kappa shape index (κ2) is 7.97. The molecule has 0 radical (unpaired) electrons. The molecular weight excluding hydrogens is 334 g/mol. The highest BCUT2D eigenvalue weighted by Gasteiger charge is 2.21. The molecule has 0 saturated carbocycles. The lowest BCUT2D eigenvalue weighted by atomic mass is 10.1. The first kappa shape index (κ1) is 17.8. The molecule has 0 atom stereocenters. The van der Waals surface area contributed by atoms with Crippen LogP contribution in [-0.2, 0) is 17.8 Å². The van der Waals surface area contributed by atoms with Gasteiger partial charge in [-0.1, -0.05) is 42.5 Å². The van der Waals surface area contributed by atoms with Gasteiger partial charge in [0.15, 0.2) is 0 Å². The smallest absolute Gasteiger partial charge is 0.222 e. The molecule has 4 nitrogen and oxygen atoms in total. The fraction of sp³-hybridized carbons (Fsp3) is 0.348. The van der Waals surface area contributed by atoms with Crippen LogP contribution in [0.1, 0.15) is 23.1 Å². The van der Waals surface area contributed by atoms with Crippen molar-refractivity contribution in [3.63, 3.8) is 0 Å². The zero-order valence-corrected chi connectivity index (χ0v) is 15.9. The van der Waals surface area contributed by atoms with Crippen LogP contribution in [0.2, 0.25) is 0 Å². The van der Waals surface area contributed by atoms with E-state index in [4.69, 9.17) is 0 Å². The molecule has 0 spiro atoms. The minimum atomic E-state index is 0.274. The third-order valence-corrected chi connectivity index (χ3v) is 5.66. The summed E-state index contributed by atoms with van der Waals surface area (Å²) in [5.74, 6) is 0.274. The van der Waals surface area contributed by atoms with Gasteiger partial charge in [-0.05, 0) is 36.1 Å². The number of nitrogens with zero attached hydrogens (tertiary/aromatic N) is 2. The van der Waals surface area contributed by atoms with E-state index in [0.717, 1.165) is 44.7 Å². The number of H-pyrrole nitrogens is 1. The van der Waals surface area contributed by atoms with Crippen LogP contribution >= 0.6 is 0 Å². The Hall–Kier alpha value is -2.59. The predicted octanol–water partition coefficient (Wildman–Crippen LogP) is 3.75. The number of hydrogen-bond donors (Lipinski definition) is 1. The van der Waals surface area contributed by atoms with Crippen LogP contribution in [-0.4, -0.2) is 46.9 Å². The van der Waals surface area contributed by atoms with Crippen LogP contribution < -0.4 is 0 Å². The van der Waals surface area contributed by atoms with Gasteiger partial charge in [0.05, 0.1) is 0 Å². The first-order valence-corrected chi connectivity index (χ1v) is 9.80. The summed E-state index contributed by atoms with van der Waals surface area (Å²) in [7, 11) is 0. The Kier molecular flexibility index (Phi) is 5.26. The summed E-state index contributed by atoms with van der Waals surface area (Å²) >= 11 is 0. The monoisotopic (exact) mass is 361 g/mol. The molecule has 1 aliphatic heterocycles. The van der Waals surface area contributed by atoms with Crippen molar-refractivity contribution < 1.29 is 4.79 Å². The molecular formula is C23H27N3O. The van der Waals surface area contributed by atoms with Gasteiger partial charge in [0, 0.05) is 56.2 Å². The molecule has 0 bridgehead atoms. The number of aromatic nitrogens is 1. The SMILES string of the molecule is Cc1ccccc1CN1CCN(C(=O)CCc2c[nH]c3ccccc23)CC1. The van der Waals surface area contributed by atoms with Crippen molar-refractivity contribution in [3.05, 3.63) is 71.4 Å². The third-order valence-electron chi connectivity index (χ3n) is 5.66. The number of nitrogens with one attached hydrogen (secondary N) is 1. The highest BCUT2D eigenvalue weighted by Crippen LogP contribution is 2.20. The van der Waals surface area contributed by atoms with Crippen molar-refractivity contribution in [1.82, 2.24) is 14.8 Å². The van der Waals surface area contributed by atoms with E-state index in [9.17, 15) is 4.79 Å². The maximum atomic E-state index is 12.6. The molecule has 1 aliphatic rings. The fourth-order valence-electron chi connectivity index (χ4n) is 3.92. The molecule has 4 heteroatoms. The van der Waals surface area contributed by atoms with Gasteiger partial charge in [0.25, 0.3) is 0 Å². The summed E-state index contributed by atoms with van der Waals surface area (Å²) in [6.07, 6.45) is 3.42. The summed E-state index contributed by atoms with van der Waals surface area (Å²) in [5.41, 5.74) is 5.10. The van der Waals surface area contributed by atoms with Crippen LogP contribution in [0.4, 0.5) is 0 Å². The molecule has 140 valence electrons. The molecule has 2 heterocycles. The minimum absolute atomic E-state index is 0.274. The Balaban J connectivity index is 1.28. The zero-order chi connectivity index (χ0) is 18.6. The molecule has 0 aliphatic carbocycles. The predicted molar refractivity (Wildman–Crippen MR) is 110 cm³/mol. The van der Waals surface area contributed by atoms with Crippen LogP contribution in [0.3, 0.4) is 0 Å².